The molecule has 0 saturated carbocycles. The fourth-order valence-corrected chi connectivity index (χ4v) is 2.72. The quantitative estimate of drug-likeness (QED) is 0.565. The van der Waals surface area contributed by atoms with Crippen LogP contribution in [0.15, 0.2) is 54.6 Å². The molecule has 0 aliphatic heterocycles. The van der Waals surface area contributed by atoms with Gasteiger partial charge in [-0.3, -0.25) is 9.59 Å². The van der Waals surface area contributed by atoms with Gasteiger partial charge in [-0.2, -0.15) is 0 Å². The number of ketones is 1. The number of hydrogen-bond donors (Lipinski definition) is 1. The predicted molar refractivity (Wildman–Crippen MR) is 91.1 cm³/mol. The third-order valence-electron chi connectivity index (χ3n) is 4.00. The van der Waals surface area contributed by atoms with Crippen LogP contribution in [0.4, 0.5) is 0 Å². The Balaban J connectivity index is 2.13. The number of aromatic hydroxyl groups is 1. The van der Waals surface area contributed by atoms with Crippen LogP contribution in [-0.2, 0) is 0 Å². The van der Waals surface area contributed by atoms with Crippen molar-refractivity contribution in [3.05, 3.63) is 65.7 Å². The Kier molecular flexibility index (Phi) is 3.94. The maximum Gasteiger partial charge on any atom is 0.162 e. The second kappa shape index (κ2) is 6.05. The van der Waals surface area contributed by atoms with E-state index in [4.69, 9.17) is 0 Å². The molecule has 0 radical (unpaired) electrons. The van der Waals surface area contributed by atoms with Gasteiger partial charge in [0.1, 0.15) is 5.75 Å². The third kappa shape index (κ3) is 2.73. The molecule has 0 bridgehead atoms. The molecule has 3 nitrogen and oxygen atoms in total. The summed E-state index contributed by atoms with van der Waals surface area (Å²) in [6, 6.07) is 16.5. The molecular weight excluding hydrogens is 288 g/mol. The molecule has 0 spiro atoms. The van der Waals surface area contributed by atoms with Gasteiger partial charge in [-0.1, -0.05) is 43.3 Å². The van der Waals surface area contributed by atoms with Gasteiger partial charge in [0.2, 0.25) is 0 Å². The maximum absolute atomic E-state index is 11.9. The molecule has 23 heavy (non-hydrogen) atoms. The van der Waals surface area contributed by atoms with Gasteiger partial charge in [-0.15, -0.1) is 0 Å². The summed E-state index contributed by atoms with van der Waals surface area (Å²) in [6.45, 7) is 1.85. The Labute approximate surface area is 134 Å². The number of phenols is 1. The number of benzene rings is 3. The van der Waals surface area contributed by atoms with Crippen LogP contribution in [0.1, 0.15) is 34.1 Å². The Bertz CT molecular complexity index is 910. The maximum atomic E-state index is 11.9. The fraction of sp³-hybridized carbons (Fsp3) is 0.100. The van der Waals surface area contributed by atoms with Gasteiger partial charge in [-0.25, -0.2) is 0 Å². The lowest BCUT2D eigenvalue weighted by molar-refractivity contribution is 0.0987. The molecule has 3 heteroatoms. The summed E-state index contributed by atoms with van der Waals surface area (Å²) in [7, 11) is 0. The second-order valence-electron chi connectivity index (χ2n) is 5.41. The number of carbonyl (C=O) groups is 2. The van der Waals surface area contributed by atoms with Gasteiger partial charge in [0.25, 0.3) is 0 Å². The van der Waals surface area contributed by atoms with E-state index in [1.165, 1.54) is 6.07 Å². The zero-order chi connectivity index (χ0) is 16.4. The minimum atomic E-state index is -0.0178. The van der Waals surface area contributed by atoms with Crippen LogP contribution in [0.5, 0.6) is 5.75 Å². The molecule has 0 amide bonds. The standard InChI is InChI=1S/C20H16O3/c1-2-19(22)16-5-3-4-13(11-16)14-6-8-17-15(10-14)7-9-20(23)18(17)12-21/h3-12,23H,2H2,1H3. The highest BCUT2D eigenvalue weighted by molar-refractivity contribution is 6.02. The molecule has 0 heterocycles. The first kappa shape index (κ1) is 15.0. The summed E-state index contributed by atoms with van der Waals surface area (Å²) < 4.78 is 0. The highest BCUT2D eigenvalue weighted by atomic mass is 16.3. The average Bonchev–Trinajstić information content (AvgIpc) is 2.60. The number of Topliss-reactive ketones (excluding diaryl/α,β-unsaturated/α-hetero) is 1. The Hall–Kier alpha value is -2.94. The van der Waals surface area contributed by atoms with E-state index in [0.29, 0.717) is 29.2 Å². The molecule has 3 rings (SSSR count). The van der Waals surface area contributed by atoms with Crippen LogP contribution in [0.2, 0.25) is 0 Å². The van der Waals surface area contributed by atoms with Crippen LogP contribution in [-0.4, -0.2) is 17.2 Å². The van der Waals surface area contributed by atoms with Crippen LogP contribution >= 0.6 is 0 Å². The monoisotopic (exact) mass is 304 g/mol. The topological polar surface area (TPSA) is 54.4 Å². The number of rotatable bonds is 4. The summed E-state index contributed by atoms with van der Waals surface area (Å²) in [4.78, 5) is 23.0. The fourth-order valence-electron chi connectivity index (χ4n) is 2.72. The lowest BCUT2D eigenvalue weighted by Gasteiger charge is -2.08. The normalized spacial score (nSPS) is 10.7. The van der Waals surface area contributed by atoms with Gasteiger partial charge in [0.15, 0.2) is 12.1 Å². The summed E-state index contributed by atoms with van der Waals surface area (Å²) in [5.74, 6) is 0.0941. The molecule has 3 aromatic carbocycles. The minimum absolute atomic E-state index is 0.0178. The molecular formula is C20H16O3. The Morgan fingerprint density at radius 3 is 2.57 bits per heavy atom. The molecule has 0 fully saturated rings. The van der Waals surface area contributed by atoms with Crippen molar-refractivity contribution in [1.82, 2.24) is 0 Å². The SMILES string of the molecule is CCC(=O)c1cccc(-c2ccc3c(C=O)c(O)ccc3c2)c1. The minimum Gasteiger partial charge on any atom is -0.507 e. The summed E-state index contributed by atoms with van der Waals surface area (Å²) in [5.41, 5.74) is 2.91. The lowest BCUT2D eigenvalue weighted by Crippen LogP contribution is -1.96. The lowest BCUT2D eigenvalue weighted by atomic mass is 9.96. The van der Waals surface area contributed by atoms with E-state index >= 15 is 0 Å². The van der Waals surface area contributed by atoms with Gasteiger partial charge in [0.05, 0.1) is 5.56 Å². The van der Waals surface area contributed by atoms with Crippen molar-refractivity contribution in [2.24, 2.45) is 0 Å². The van der Waals surface area contributed by atoms with Crippen molar-refractivity contribution >= 4 is 22.8 Å². The van der Waals surface area contributed by atoms with Crippen molar-refractivity contribution in [2.75, 3.05) is 0 Å². The highest BCUT2D eigenvalue weighted by Crippen LogP contribution is 2.30. The van der Waals surface area contributed by atoms with Crippen LogP contribution in [0.25, 0.3) is 21.9 Å². The molecule has 0 aliphatic rings. The molecule has 0 saturated heterocycles. The van der Waals surface area contributed by atoms with E-state index in [1.54, 1.807) is 6.07 Å². The number of aldehydes is 1. The molecule has 0 atom stereocenters. The average molecular weight is 304 g/mol. The number of phenolic OH excluding ortho intramolecular Hbond substituents is 1. The summed E-state index contributed by atoms with van der Waals surface area (Å²) >= 11 is 0. The van der Waals surface area contributed by atoms with Gasteiger partial charge in [0, 0.05) is 12.0 Å². The molecule has 0 unspecified atom stereocenters. The zero-order valence-corrected chi connectivity index (χ0v) is 12.7. The Morgan fingerprint density at radius 1 is 1.04 bits per heavy atom. The number of fused-ring (bicyclic) bond motifs is 1. The molecule has 3 aromatic rings. The number of hydrogen-bond acceptors (Lipinski definition) is 3. The summed E-state index contributed by atoms with van der Waals surface area (Å²) in [6.07, 6.45) is 1.14. The predicted octanol–water partition coefficient (Wildman–Crippen LogP) is 4.62. The first-order valence-electron chi connectivity index (χ1n) is 7.48. The van der Waals surface area contributed by atoms with Gasteiger partial charge >= 0.3 is 0 Å². The smallest absolute Gasteiger partial charge is 0.162 e. The van der Waals surface area contributed by atoms with Gasteiger partial charge < -0.3 is 5.11 Å². The zero-order valence-electron chi connectivity index (χ0n) is 12.7. The van der Waals surface area contributed by atoms with E-state index in [9.17, 15) is 14.7 Å². The van der Waals surface area contributed by atoms with Crippen molar-refractivity contribution in [3.63, 3.8) is 0 Å². The van der Waals surface area contributed by atoms with Crippen molar-refractivity contribution < 1.29 is 14.7 Å². The van der Waals surface area contributed by atoms with E-state index in [-0.39, 0.29) is 11.5 Å². The van der Waals surface area contributed by atoms with E-state index < -0.39 is 0 Å². The Morgan fingerprint density at radius 2 is 1.83 bits per heavy atom. The second-order valence-corrected chi connectivity index (χ2v) is 5.41. The van der Waals surface area contributed by atoms with Crippen molar-refractivity contribution in [2.45, 2.75) is 13.3 Å². The first-order chi connectivity index (χ1) is 11.1. The molecule has 114 valence electrons. The molecule has 0 aromatic heterocycles. The summed E-state index contributed by atoms with van der Waals surface area (Å²) in [5, 5.41) is 11.3. The van der Waals surface area contributed by atoms with E-state index in [0.717, 1.165) is 16.5 Å². The largest absolute Gasteiger partial charge is 0.507 e. The molecule has 1 N–H and O–H groups in total. The van der Waals surface area contributed by atoms with E-state index in [2.05, 4.69) is 0 Å². The third-order valence-corrected chi connectivity index (χ3v) is 4.00. The first-order valence-corrected chi connectivity index (χ1v) is 7.48. The van der Waals surface area contributed by atoms with Crippen molar-refractivity contribution in [3.8, 4) is 16.9 Å². The van der Waals surface area contributed by atoms with Crippen molar-refractivity contribution in [1.29, 1.82) is 0 Å². The van der Waals surface area contributed by atoms with Crippen LogP contribution in [0.3, 0.4) is 0 Å². The highest BCUT2D eigenvalue weighted by Gasteiger charge is 2.09. The number of carbonyl (C=O) groups excluding carboxylic acids is 2. The van der Waals surface area contributed by atoms with Crippen LogP contribution < -0.4 is 0 Å². The van der Waals surface area contributed by atoms with Gasteiger partial charge in [-0.05, 0) is 40.1 Å². The molecule has 0 aliphatic carbocycles. The van der Waals surface area contributed by atoms with E-state index in [1.807, 2.05) is 49.4 Å². The van der Waals surface area contributed by atoms with Crippen LogP contribution in [0, 0.1) is 0 Å².